The molecule has 1 atom stereocenters. The Morgan fingerprint density at radius 3 is 2.68 bits per heavy atom. The van der Waals surface area contributed by atoms with Crippen molar-refractivity contribution >= 4 is 0 Å². The number of aliphatic hydroxyl groups excluding tert-OH is 1. The standard InChI is InChI=1S/C22H34N4O2/c1-5-26-14-19(12-23-26)13-24-9-10-25(21(16-24)8-11-27)15-20-6-7-22(28-4)18(3)17(20)2/h6-7,12,14,21,27H,5,8-11,13,15-16H2,1-4H3/t21-/m1/s1. The van der Waals surface area contributed by atoms with Gasteiger partial charge < -0.3 is 9.84 Å². The molecule has 6 nitrogen and oxygen atoms in total. The minimum atomic E-state index is 0.226. The highest BCUT2D eigenvalue weighted by Gasteiger charge is 2.27. The van der Waals surface area contributed by atoms with Crippen LogP contribution in [-0.2, 0) is 19.6 Å². The van der Waals surface area contributed by atoms with Gasteiger partial charge in [-0.25, -0.2) is 0 Å². The lowest BCUT2D eigenvalue weighted by atomic mass is 10.00. The topological polar surface area (TPSA) is 53.8 Å². The summed E-state index contributed by atoms with van der Waals surface area (Å²) >= 11 is 0. The second kappa shape index (κ2) is 9.54. The SMILES string of the molecule is CCn1cc(CN2CCN(Cc3ccc(OC)c(C)c3C)[C@H](CCO)C2)cn1. The largest absolute Gasteiger partial charge is 0.496 e. The fraction of sp³-hybridized carbons (Fsp3) is 0.591. The van der Waals surface area contributed by atoms with Crippen molar-refractivity contribution in [2.75, 3.05) is 33.4 Å². The molecule has 0 bridgehead atoms. The summed E-state index contributed by atoms with van der Waals surface area (Å²) in [4.78, 5) is 5.01. The van der Waals surface area contributed by atoms with Crippen LogP contribution in [0.3, 0.4) is 0 Å². The Hall–Kier alpha value is -1.89. The second-order valence-electron chi connectivity index (χ2n) is 7.75. The molecule has 28 heavy (non-hydrogen) atoms. The number of piperazine rings is 1. The highest BCUT2D eigenvalue weighted by atomic mass is 16.5. The molecular weight excluding hydrogens is 352 g/mol. The molecule has 6 heteroatoms. The van der Waals surface area contributed by atoms with E-state index in [0.29, 0.717) is 6.04 Å². The first-order chi connectivity index (χ1) is 13.5. The summed E-state index contributed by atoms with van der Waals surface area (Å²) in [6, 6.07) is 4.62. The highest BCUT2D eigenvalue weighted by Crippen LogP contribution is 2.26. The van der Waals surface area contributed by atoms with Crippen molar-refractivity contribution in [3.63, 3.8) is 0 Å². The number of aliphatic hydroxyl groups is 1. The van der Waals surface area contributed by atoms with Gasteiger partial charge in [-0.05, 0) is 49.9 Å². The van der Waals surface area contributed by atoms with E-state index in [1.54, 1.807) is 7.11 Å². The molecule has 0 amide bonds. The van der Waals surface area contributed by atoms with E-state index in [4.69, 9.17) is 4.74 Å². The van der Waals surface area contributed by atoms with E-state index in [2.05, 4.69) is 54.0 Å². The zero-order chi connectivity index (χ0) is 20.1. The molecule has 0 radical (unpaired) electrons. The number of ether oxygens (including phenoxy) is 1. The van der Waals surface area contributed by atoms with E-state index in [1.807, 2.05) is 10.9 Å². The Bertz CT molecular complexity index is 774. The molecular formula is C22H34N4O2. The normalized spacial score (nSPS) is 18.5. The maximum absolute atomic E-state index is 9.61. The smallest absolute Gasteiger partial charge is 0.122 e. The van der Waals surface area contributed by atoms with E-state index < -0.39 is 0 Å². The van der Waals surface area contributed by atoms with Gasteiger partial charge in [-0.3, -0.25) is 14.5 Å². The van der Waals surface area contributed by atoms with Gasteiger partial charge in [0.2, 0.25) is 0 Å². The molecule has 0 saturated carbocycles. The lowest BCUT2D eigenvalue weighted by Gasteiger charge is -2.41. The maximum Gasteiger partial charge on any atom is 0.122 e. The predicted molar refractivity (Wildman–Crippen MR) is 112 cm³/mol. The lowest BCUT2D eigenvalue weighted by molar-refractivity contribution is 0.0498. The molecule has 1 saturated heterocycles. The van der Waals surface area contributed by atoms with Crippen LogP contribution in [0.4, 0.5) is 0 Å². The average Bonchev–Trinajstić information content (AvgIpc) is 3.15. The van der Waals surface area contributed by atoms with Gasteiger partial charge in [0.25, 0.3) is 0 Å². The van der Waals surface area contributed by atoms with E-state index >= 15 is 0 Å². The van der Waals surface area contributed by atoms with Crippen LogP contribution < -0.4 is 4.74 Å². The first kappa shape index (κ1) is 20.8. The van der Waals surface area contributed by atoms with Crippen molar-refractivity contribution in [2.24, 2.45) is 0 Å². The van der Waals surface area contributed by atoms with E-state index in [-0.39, 0.29) is 6.61 Å². The Morgan fingerprint density at radius 2 is 2.00 bits per heavy atom. The number of hydrogen-bond acceptors (Lipinski definition) is 5. The monoisotopic (exact) mass is 386 g/mol. The Balaban J connectivity index is 1.67. The first-order valence-corrected chi connectivity index (χ1v) is 10.3. The zero-order valence-corrected chi connectivity index (χ0v) is 17.7. The minimum absolute atomic E-state index is 0.226. The molecule has 2 aromatic rings. The van der Waals surface area contributed by atoms with E-state index in [0.717, 1.165) is 51.4 Å². The summed E-state index contributed by atoms with van der Waals surface area (Å²) < 4.78 is 7.43. The van der Waals surface area contributed by atoms with Crippen molar-refractivity contribution in [1.29, 1.82) is 0 Å². The molecule has 1 N–H and O–H groups in total. The number of aromatic nitrogens is 2. The molecule has 1 aromatic heterocycles. The van der Waals surface area contributed by atoms with Gasteiger partial charge in [0.15, 0.2) is 0 Å². The quantitative estimate of drug-likeness (QED) is 0.756. The summed E-state index contributed by atoms with van der Waals surface area (Å²) in [7, 11) is 1.72. The molecule has 3 rings (SSSR count). The third kappa shape index (κ3) is 4.74. The number of aryl methyl sites for hydroxylation is 1. The van der Waals surface area contributed by atoms with Gasteiger partial charge in [0.05, 0.1) is 13.3 Å². The van der Waals surface area contributed by atoms with Gasteiger partial charge in [0.1, 0.15) is 5.75 Å². The van der Waals surface area contributed by atoms with Crippen LogP contribution in [0.1, 0.15) is 35.6 Å². The first-order valence-electron chi connectivity index (χ1n) is 10.3. The predicted octanol–water partition coefficient (Wildman–Crippen LogP) is 2.60. The van der Waals surface area contributed by atoms with Crippen molar-refractivity contribution < 1.29 is 9.84 Å². The molecule has 154 valence electrons. The van der Waals surface area contributed by atoms with Crippen LogP contribution in [0.15, 0.2) is 24.5 Å². The average molecular weight is 387 g/mol. The van der Waals surface area contributed by atoms with Crippen LogP contribution in [0.5, 0.6) is 5.75 Å². The van der Waals surface area contributed by atoms with Gasteiger partial charge in [0, 0.05) is 63.7 Å². The molecule has 2 heterocycles. The van der Waals surface area contributed by atoms with Crippen molar-refractivity contribution in [2.45, 2.75) is 52.9 Å². The zero-order valence-electron chi connectivity index (χ0n) is 17.7. The van der Waals surface area contributed by atoms with E-state index in [1.165, 1.54) is 22.3 Å². The number of hydrogen-bond donors (Lipinski definition) is 1. The van der Waals surface area contributed by atoms with Crippen molar-refractivity contribution in [3.8, 4) is 5.75 Å². The summed E-state index contributed by atoms with van der Waals surface area (Å²) in [5.74, 6) is 0.950. The van der Waals surface area contributed by atoms with Crippen LogP contribution in [-0.4, -0.2) is 64.1 Å². The number of nitrogens with zero attached hydrogens (tertiary/aromatic N) is 4. The molecule has 0 unspecified atom stereocenters. The number of benzene rings is 1. The Labute approximate surface area is 168 Å². The molecule has 0 spiro atoms. The fourth-order valence-electron chi connectivity index (χ4n) is 4.11. The second-order valence-corrected chi connectivity index (χ2v) is 7.75. The van der Waals surface area contributed by atoms with E-state index in [9.17, 15) is 5.11 Å². The molecule has 1 fully saturated rings. The summed E-state index contributed by atoms with van der Waals surface area (Å²) in [5, 5.41) is 14.0. The summed E-state index contributed by atoms with van der Waals surface area (Å²) in [6.45, 7) is 12.4. The molecule has 1 aromatic carbocycles. The molecule has 0 aliphatic carbocycles. The van der Waals surface area contributed by atoms with Gasteiger partial charge >= 0.3 is 0 Å². The van der Waals surface area contributed by atoms with Gasteiger partial charge in [-0.15, -0.1) is 0 Å². The van der Waals surface area contributed by atoms with Crippen LogP contribution in [0, 0.1) is 13.8 Å². The minimum Gasteiger partial charge on any atom is -0.496 e. The van der Waals surface area contributed by atoms with Crippen molar-refractivity contribution in [1.82, 2.24) is 19.6 Å². The Morgan fingerprint density at radius 1 is 1.18 bits per heavy atom. The summed E-state index contributed by atoms with van der Waals surface area (Å²) in [5.41, 5.74) is 5.13. The van der Waals surface area contributed by atoms with Crippen LogP contribution in [0.25, 0.3) is 0 Å². The summed E-state index contributed by atoms with van der Waals surface area (Å²) in [6.07, 6.45) is 4.91. The Kier molecular flexibility index (Phi) is 7.10. The third-order valence-corrected chi connectivity index (χ3v) is 6.01. The highest BCUT2D eigenvalue weighted by molar-refractivity contribution is 5.43. The van der Waals surface area contributed by atoms with Crippen LogP contribution >= 0.6 is 0 Å². The lowest BCUT2D eigenvalue weighted by Crippen LogP contribution is -2.52. The number of methoxy groups -OCH3 is 1. The number of rotatable bonds is 8. The van der Waals surface area contributed by atoms with Crippen molar-refractivity contribution in [3.05, 3.63) is 46.8 Å². The maximum atomic E-state index is 9.61. The third-order valence-electron chi connectivity index (χ3n) is 6.01. The van der Waals surface area contributed by atoms with Gasteiger partial charge in [-0.1, -0.05) is 6.07 Å². The van der Waals surface area contributed by atoms with Crippen LogP contribution in [0.2, 0.25) is 0 Å². The fourth-order valence-corrected chi connectivity index (χ4v) is 4.11. The van der Waals surface area contributed by atoms with Gasteiger partial charge in [-0.2, -0.15) is 5.10 Å². The molecule has 1 aliphatic heterocycles. The molecule has 1 aliphatic rings.